The lowest BCUT2D eigenvalue weighted by atomic mass is 9.79. The monoisotopic (exact) mass is 1010 g/mol. The van der Waals surface area contributed by atoms with Gasteiger partial charge in [-0.1, -0.05) is 25.5 Å². The smallest absolute Gasteiger partial charge is 0.231 e. The number of unbranched alkanes of at least 4 members (excludes halogenated alkanes) is 2. The third kappa shape index (κ3) is 21.3. The Kier molecular flexibility index (Phi) is 29.3. The van der Waals surface area contributed by atoms with Crippen molar-refractivity contribution in [3.63, 3.8) is 0 Å². The molecule has 24 nitrogen and oxygen atoms in total. The van der Waals surface area contributed by atoms with Crippen molar-refractivity contribution in [3.05, 3.63) is 12.2 Å². The van der Waals surface area contributed by atoms with Gasteiger partial charge in [0, 0.05) is 85.6 Å². The van der Waals surface area contributed by atoms with Crippen molar-refractivity contribution in [1.29, 1.82) is 0 Å². The molecule has 2 aliphatic heterocycles. The number of Topliss-reactive ketones (excluding diaryl/α,β-unsaturated/α-hetero) is 3. The molecule has 4 aliphatic rings. The van der Waals surface area contributed by atoms with E-state index in [-0.39, 0.29) is 97.7 Å². The zero-order chi connectivity index (χ0) is 52.1. The van der Waals surface area contributed by atoms with Crippen molar-refractivity contribution in [2.45, 2.75) is 70.3 Å². The van der Waals surface area contributed by atoms with E-state index in [9.17, 15) is 58.8 Å². The summed E-state index contributed by atoms with van der Waals surface area (Å²) in [5.41, 5.74) is 5.51. The predicted octanol–water partition coefficient (Wildman–Crippen LogP) is -4.82. The molecular weight excluding hydrogens is 931 g/mol. The predicted molar refractivity (Wildman–Crippen MR) is 257 cm³/mol. The summed E-state index contributed by atoms with van der Waals surface area (Å²) in [7, 11) is 1.57. The van der Waals surface area contributed by atoms with E-state index in [4.69, 9.17) is 19.9 Å². The van der Waals surface area contributed by atoms with E-state index in [0.717, 1.165) is 12.8 Å². The van der Waals surface area contributed by atoms with Gasteiger partial charge in [-0.3, -0.25) is 53.5 Å². The second-order valence-electron chi connectivity index (χ2n) is 18.2. The topological polar surface area (TPSA) is 350 Å². The van der Waals surface area contributed by atoms with Crippen LogP contribution in [0.5, 0.6) is 0 Å². The molecule has 9 atom stereocenters. The molecule has 0 radical (unpaired) electrons. The summed E-state index contributed by atoms with van der Waals surface area (Å²) in [5.74, 6) is -12.0. The standard InChI is InChI=1S/C47H81N9O15/c1-31-6-7-32(37(58)30-57)43(64)51-17-22-56(24-25-70-28-29-71-27-26-69-2)23-18-54-47(68)36-11-10-35(40(61)41(36)62)46(67)53-16-21-55(19-14-50-42(31)63)20-15-52-45(66)34-9-8-33(38(59)39(34)60)44(65)49-13-5-3-4-12-48/h8-9,31-36,38-39,42,50,57,59-60,63H,3-7,10-30,48H2,1-2H3,(H,49,65)(H,51,64)(H,52,66)(H,53,67)(H,54,68). The van der Waals surface area contributed by atoms with Gasteiger partial charge < -0.3 is 67.0 Å². The van der Waals surface area contributed by atoms with Crippen LogP contribution < -0.4 is 37.6 Å². The van der Waals surface area contributed by atoms with Crippen LogP contribution >= 0.6 is 0 Å². The zero-order valence-corrected chi connectivity index (χ0v) is 41.5. The summed E-state index contributed by atoms with van der Waals surface area (Å²) in [5, 5.41) is 59.1. The molecule has 71 heavy (non-hydrogen) atoms. The largest absolute Gasteiger partial charge is 0.389 e. The van der Waals surface area contributed by atoms with Gasteiger partial charge in [-0.25, -0.2) is 0 Å². The Labute approximate surface area is 416 Å². The van der Waals surface area contributed by atoms with Gasteiger partial charge in [-0.15, -0.1) is 0 Å². The number of hydrogen-bond acceptors (Lipinski definition) is 19. The van der Waals surface area contributed by atoms with Crippen LogP contribution in [0.4, 0.5) is 0 Å². The Morgan fingerprint density at radius 3 is 1.72 bits per heavy atom. The van der Waals surface area contributed by atoms with E-state index in [0.29, 0.717) is 52.5 Å². The molecule has 2 saturated heterocycles. The van der Waals surface area contributed by atoms with Crippen molar-refractivity contribution in [3.8, 4) is 0 Å². The number of ketones is 3. The highest BCUT2D eigenvalue weighted by Gasteiger charge is 2.44. The quantitative estimate of drug-likeness (QED) is 0.0169. The minimum atomic E-state index is -1.56. The summed E-state index contributed by atoms with van der Waals surface area (Å²) in [6.07, 6.45) is 1.19. The molecule has 0 aromatic heterocycles. The summed E-state index contributed by atoms with van der Waals surface area (Å²) >= 11 is 0. The number of hydrogen-bond donors (Lipinski definition) is 11. The van der Waals surface area contributed by atoms with Gasteiger partial charge in [0.1, 0.15) is 24.7 Å². The van der Waals surface area contributed by atoms with Gasteiger partial charge in [0.05, 0.1) is 63.0 Å². The lowest BCUT2D eigenvalue weighted by molar-refractivity contribution is -0.151. The highest BCUT2D eigenvalue weighted by molar-refractivity contribution is 6.45. The molecule has 2 heterocycles. The fraction of sp³-hybridized carbons (Fsp3) is 0.787. The molecule has 4 rings (SSSR count). The SMILES string of the molecule is COCCOCCOCCN1CCNC(=O)C(C(=O)CO)CCC(C)C(O)NCCN(CCNC(=O)C2C=CC(C(=O)NCCCCCN)C(O)C2O)CCNC(=O)C2CCC(C(=O)NCC1)C(=O)C2=O. The molecule has 0 aromatic carbocycles. The van der Waals surface area contributed by atoms with Crippen LogP contribution in [0.3, 0.4) is 0 Å². The first-order chi connectivity index (χ1) is 34.1. The Morgan fingerprint density at radius 1 is 0.662 bits per heavy atom. The van der Waals surface area contributed by atoms with E-state index in [2.05, 4.69) is 31.9 Å². The molecule has 2 aliphatic carbocycles. The number of carbonyl (C=O) groups excluding carboxylic acids is 8. The Hall–Kier alpha value is -4.34. The van der Waals surface area contributed by atoms with Crippen LogP contribution in [-0.2, 0) is 52.6 Å². The normalized spacial score (nSPS) is 27.6. The summed E-state index contributed by atoms with van der Waals surface area (Å²) in [6.45, 7) is 5.64. The molecule has 1 saturated carbocycles. The maximum absolute atomic E-state index is 13.3. The number of nitrogens with two attached hydrogens (primary N) is 1. The molecule has 24 heteroatoms. The van der Waals surface area contributed by atoms with Gasteiger partial charge in [0.2, 0.25) is 41.1 Å². The second-order valence-corrected chi connectivity index (χ2v) is 18.2. The van der Waals surface area contributed by atoms with E-state index in [1.54, 1.807) is 14.0 Å². The molecule has 2 bridgehead atoms. The number of aliphatic hydroxyl groups is 4. The molecule has 5 amide bonds. The summed E-state index contributed by atoms with van der Waals surface area (Å²) < 4.78 is 16.1. The molecule has 3 fully saturated rings. The number of nitrogens with one attached hydrogen (secondary N) is 6. The fourth-order valence-corrected chi connectivity index (χ4v) is 8.46. The second kappa shape index (κ2) is 34.1. The Bertz CT molecular complexity index is 1730. The zero-order valence-electron chi connectivity index (χ0n) is 41.5. The first-order valence-electron chi connectivity index (χ1n) is 25.0. The van der Waals surface area contributed by atoms with Gasteiger partial charge in [-0.2, -0.15) is 0 Å². The molecular formula is C47H81N9O15. The summed E-state index contributed by atoms with van der Waals surface area (Å²) in [4.78, 5) is 109. The van der Waals surface area contributed by atoms with Gasteiger partial charge in [0.25, 0.3) is 0 Å². The minimum absolute atomic E-state index is 0.0202. The van der Waals surface area contributed by atoms with Crippen molar-refractivity contribution >= 4 is 46.9 Å². The molecule has 12 N–H and O–H groups in total. The number of amides is 5. The number of carbonyl (C=O) groups is 8. The van der Waals surface area contributed by atoms with Crippen molar-refractivity contribution in [1.82, 2.24) is 41.7 Å². The average molecular weight is 1010 g/mol. The molecule has 404 valence electrons. The number of aliphatic hydroxyl groups excluding tert-OH is 4. The third-order valence-corrected chi connectivity index (χ3v) is 13.0. The maximum atomic E-state index is 13.3. The van der Waals surface area contributed by atoms with Gasteiger partial charge in [-0.05, 0) is 51.0 Å². The number of rotatable bonds is 21. The highest BCUT2D eigenvalue weighted by Crippen LogP contribution is 2.26. The van der Waals surface area contributed by atoms with Gasteiger partial charge >= 0.3 is 0 Å². The van der Waals surface area contributed by atoms with Crippen LogP contribution in [0.1, 0.15) is 51.9 Å². The van der Waals surface area contributed by atoms with Crippen LogP contribution in [0, 0.1) is 35.5 Å². The molecule has 0 spiro atoms. The van der Waals surface area contributed by atoms with Gasteiger partial charge in [0.15, 0.2) is 5.78 Å². The maximum Gasteiger partial charge on any atom is 0.231 e. The molecule has 9 unspecified atom stereocenters. The fourth-order valence-electron chi connectivity index (χ4n) is 8.46. The van der Waals surface area contributed by atoms with E-state index >= 15 is 0 Å². The first-order valence-corrected chi connectivity index (χ1v) is 25.0. The summed E-state index contributed by atoms with van der Waals surface area (Å²) in [6, 6.07) is 0. The number of methoxy groups -OCH3 is 1. The Morgan fingerprint density at radius 2 is 1.17 bits per heavy atom. The van der Waals surface area contributed by atoms with E-state index in [1.807, 2.05) is 9.80 Å². The van der Waals surface area contributed by atoms with Crippen molar-refractivity contribution in [2.24, 2.45) is 41.2 Å². The number of ether oxygens (including phenoxy) is 3. The third-order valence-electron chi connectivity index (χ3n) is 13.0. The highest BCUT2D eigenvalue weighted by atomic mass is 16.5. The lowest BCUT2D eigenvalue weighted by Crippen LogP contribution is -2.52. The van der Waals surface area contributed by atoms with Crippen LogP contribution in [0.25, 0.3) is 0 Å². The minimum Gasteiger partial charge on any atom is -0.389 e. The first kappa shape index (κ1) is 61.0. The average Bonchev–Trinajstić information content (AvgIpc) is 3.35. The van der Waals surface area contributed by atoms with Crippen molar-refractivity contribution in [2.75, 3.05) is 132 Å². The van der Waals surface area contributed by atoms with Crippen LogP contribution in [-0.4, -0.2) is 227 Å². The lowest BCUT2D eigenvalue weighted by Gasteiger charge is -2.32. The van der Waals surface area contributed by atoms with E-state index < -0.39 is 107 Å². The van der Waals surface area contributed by atoms with Crippen molar-refractivity contribution < 1.29 is 73.0 Å². The van der Waals surface area contributed by atoms with E-state index in [1.165, 1.54) is 12.2 Å². The number of nitrogens with zero attached hydrogens (tertiary/aromatic N) is 2. The molecule has 0 aromatic rings. The number of fused-ring (bicyclic) bond motifs is 23. The van der Waals surface area contributed by atoms with Crippen LogP contribution in [0.2, 0.25) is 0 Å². The van der Waals surface area contributed by atoms with Crippen LogP contribution in [0.15, 0.2) is 12.2 Å². The Balaban J connectivity index is 1.68.